The molecule has 2 aromatic rings. The van der Waals surface area contributed by atoms with Gasteiger partial charge in [0.05, 0.1) is 34.6 Å². The molecule has 0 aromatic carbocycles. The van der Waals surface area contributed by atoms with Crippen molar-refractivity contribution in [3.63, 3.8) is 0 Å². The minimum absolute atomic E-state index is 0.115. The molecule has 2 rings (SSSR count). The lowest BCUT2D eigenvalue weighted by Gasteiger charge is -2.05. The summed E-state index contributed by atoms with van der Waals surface area (Å²) in [6, 6.07) is 3.33. The predicted molar refractivity (Wildman–Crippen MR) is 80.2 cm³/mol. The molecule has 0 saturated heterocycles. The topological polar surface area (TPSA) is 79.0 Å². The van der Waals surface area contributed by atoms with E-state index < -0.39 is 0 Å². The molecule has 0 aliphatic carbocycles. The molecule has 2 aromatic heterocycles. The average Bonchev–Trinajstić information content (AvgIpc) is 2.47. The summed E-state index contributed by atoms with van der Waals surface area (Å²) >= 11 is 12.0. The van der Waals surface area contributed by atoms with Crippen molar-refractivity contribution < 1.29 is 9.84 Å². The van der Waals surface area contributed by atoms with Gasteiger partial charge in [0.2, 0.25) is 0 Å². The second kappa shape index (κ2) is 6.44. The summed E-state index contributed by atoms with van der Waals surface area (Å²) in [5.41, 5.74) is 0.935. The number of methoxy groups -OCH3 is 1. The van der Waals surface area contributed by atoms with Crippen molar-refractivity contribution in [2.75, 3.05) is 7.11 Å². The van der Waals surface area contributed by atoms with Crippen molar-refractivity contribution in [1.82, 2.24) is 9.97 Å². The molecular formula is C14H9Cl2N3O2. The van der Waals surface area contributed by atoms with Gasteiger partial charge in [0, 0.05) is 24.0 Å². The van der Waals surface area contributed by atoms with E-state index in [0.29, 0.717) is 15.6 Å². The van der Waals surface area contributed by atoms with Gasteiger partial charge in [0.15, 0.2) is 11.5 Å². The molecule has 106 valence electrons. The summed E-state index contributed by atoms with van der Waals surface area (Å²) in [7, 11) is 1.41. The zero-order valence-electron chi connectivity index (χ0n) is 10.8. The van der Waals surface area contributed by atoms with E-state index in [2.05, 4.69) is 9.97 Å². The number of nitriles is 1. The molecule has 0 radical (unpaired) electrons. The average molecular weight is 322 g/mol. The highest BCUT2D eigenvalue weighted by Gasteiger charge is 2.11. The third-order valence-electron chi connectivity index (χ3n) is 2.64. The lowest BCUT2D eigenvalue weighted by atomic mass is 10.1. The van der Waals surface area contributed by atoms with Crippen LogP contribution >= 0.6 is 23.2 Å². The molecule has 0 aliphatic heterocycles. The summed E-state index contributed by atoms with van der Waals surface area (Å²) in [5, 5.41) is 19.6. The van der Waals surface area contributed by atoms with Crippen LogP contribution in [0.15, 0.2) is 24.7 Å². The highest BCUT2D eigenvalue weighted by molar-refractivity contribution is 6.37. The van der Waals surface area contributed by atoms with Crippen molar-refractivity contribution >= 4 is 34.9 Å². The van der Waals surface area contributed by atoms with Gasteiger partial charge in [-0.2, -0.15) is 5.26 Å². The Morgan fingerprint density at radius 3 is 2.52 bits per heavy atom. The molecule has 0 aliphatic rings. The Balaban J connectivity index is 2.52. The van der Waals surface area contributed by atoms with Gasteiger partial charge in [0.25, 0.3) is 0 Å². The van der Waals surface area contributed by atoms with Gasteiger partial charge in [-0.25, -0.2) is 0 Å². The highest BCUT2D eigenvalue weighted by Crippen LogP contribution is 2.30. The van der Waals surface area contributed by atoms with Crippen LogP contribution in [0.1, 0.15) is 11.3 Å². The second-order valence-corrected chi connectivity index (χ2v) is 4.74. The van der Waals surface area contributed by atoms with E-state index in [0.717, 1.165) is 0 Å². The molecule has 0 unspecified atom stereocenters. The van der Waals surface area contributed by atoms with E-state index in [-0.39, 0.29) is 22.8 Å². The van der Waals surface area contributed by atoms with Gasteiger partial charge in [-0.3, -0.25) is 9.97 Å². The zero-order valence-corrected chi connectivity index (χ0v) is 12.4. The number of aromatic hydroxyl groups is 1. The fourth-order valence-corrected chi connectivity index (χ4v) is 2.08. The van der Waals surface area contributed by atoms with Gasteiger partial charge >= 0.3 is 0 Å². The van der Waals surface area contributed by atoms with E-state index >= 15 is 0 Å². The Morgan fingerprint density at radius 1 is 1.33 bits per heavy atom. The van der Waals surface area contributed by atoms with Crippen molar-refractivity contribution in [1.29, 1.82) is 5.26 Å². The monoisotopic (exact) mass is 321 g/mol. The lowest BCUT2D eigenvalue weighted by molar-refractivity contribution is 0.371. The number of pyridine rings is 2. The maximum absolute atomic E-state index is 9.75. The number of hydrogen-bond donors (Lipinski definition) is 1. The third kappa shape index (κ3) is 3.24. The standard InChI is InChI=1S/C14H9Cl2N3O2/c1-21-14-7-19-12(3-13(14)20)8(4-17)2-9-10(15)5-18-6-11(9)16/h2-3,5-7H,1H3,(H,19,20). The van der Waals surface area contributed by atoms with Crippen LogP contribution in [0.2, 0.25) is 10.0 Å². The first-order valence-electron chi connectivity index (χ1n) is 5.71. The molecule has 0 spiro atoms. The molecule has 1 N–H and O–H groups in total. The van der Waals surface area contributed by atoms with Crippen LogP contribution in [0, 0.1) is 11.3 Å². The maximum Gasteiger partial charge on any atom is 0.178 e. The molecule has 2 heterocycles. The van der Waals surface area contributed by atoms with E-state index in [1.165, 1.54) is 37.8 Å². The van der Waals surface area contributed by atoms with Gasteiger partial charge in [0.1, 0.15) is 6.07 Å². The van der Waals surface area contributed by atoms with Gasteiger partial charge in [-0.05, 0) is 6.08 Å². The van der Waals surface area contributed by atoms with Crippen molar-refractivity contribution in [3.05, 3.63) is 46.0 Å². The Kier molecular flexibility index (Phi) is 4.63. The molecule has 21 heavy (non-hydrogen) atoms. The zero-order chi connectivity index (χ0) is 15.4. The van der Waals surface area contributed by atoms with Crippen molar-refractivity contribution in [3.8, 4) is 17.6 Å². The van der Waals surface area contributed by atoms with Crippen molar-refractivity contribution in [2.24, 2.45) is 0 Å². The first-order chi connectivity index (χ1) is 10.1. The number of halogens is 2. The fraction of sp³-hybridized carbons (Fsp3) is 0.0714. The smallest absolute Gasteiger partial charge is 0.178 e. The third-order valence-corrected chi connectivity index (χ3v) is 3.24. The Bertz CT molecular complexity index is 734. The van der Waals surface area contributed by atoms with Crippen LogP contribution in [0.4, 0.5) is 0 Å². The largest absolute Gasteiger partial charge is 0.504 e. The van der Waals surface area contributed by atoms with Crippen LogP contribution in [-0.2, 0) is 0 Å². The Morgan fingerprint density at radius 2 is 2.00 bits per heavy atom. The summed E-state index contributed by atoms with van der Waals surface area (Å²) < 4.78 is 4.90. The van der Waals surface area contributed by atoms with Crippen LogP contribution in [0.25, 0.3) is 11.6 Å². The van der Waals surface area contributed by atoms with Crippen LogP contribution in [0.3, 0.4) is 0 Å². The lowest BCUT2D eigenvalue weighted by Crippen LogP contribution is -1.91. The van der Waals surface area contributed by atoms with Crippen LogP contribution < -0.4 is 4.74 Å². The van der Waals surface area contributed by atoms with Gasteiger partial charge < -0.3 is 9.84 Å². The normalized spacial score (nSPS) is 11.0. The van der Waals surface area contributed by atoms with E-state index in [4.69, 9.17) is 27.9 Å². The number of nitrogens with zero attached hydrogens (tertiary/aromatic N) is 3. The van der Waals surface area contributed by atoms with Gasteiger partial charge in [-0.1, -0.05) is 23.2 Å². The molecule has 5 nitrogen and oxygen atoms in total. The first kappa shape index (κ1) is 15.1. The van der Waals surface area contributed by atoms with Crippen LogP contribution in [0.5, 0.6) is 11.5 Å². The number of aromatic nitrogens is 2. The van der Waals surface area contributed by atoms with E-state index in [1.54, 1.807) is 0 Å². The molecule has 7 heteroatoms. The van der Waals surface area contributed by atoms with Crippen LogP contribution in [-0.4, -0.2) is 22.2 Å². The number of hydrogen-bond acceptors (Lipinski definition) is 5. The second-order valence-electron chi connectivity index (χ2n) is 3.93. The summed E-state index contributed by atoms with van der Waals surface area (Å²) in [6.07, 6.45) is 5.66. The Labute approximate surface area is 131 Å². The van der Waals surface area contributed by atoms with E-state index in [9.17, 15) is 10.4 Å². The minimum atomic E-state index is -0.115. The predicted octanol–water partition coefficient (Wildman–Crippen LogP) is 3.56. The number of allylic oxidation sites excluding steroid dienone is 1. The maximum atomic E-state index is 9.75. The highest BCUT2D eigenvalue weighted by atomic mass is 35.5. The Hall–Kier alpha value is -2.29. The molecule has 0 amide bonds. The van der Waals surface area contributed by atoms with Crippen molar-refractivity contribution in [2.45, 2.75) is 0 Å². The SMILES string of the molecule is COc1cnc(C(C#N)=Cc2c(Cl)cncc2Cl)cc1O. The van der Waals surface area contributed by atoms with Gasteiger partial charge in [-0.15, -0.1) is 0 Å². The summed E-state index contributed by atoms with van der Waals surface area (Å²) in [5.74, 6) is 0.103. The summed E-state index contributed by atoms with van der Waals surface area (Å²) in [6.45, 7) is 0. The number of rotatable bonds is 3. The quantitative estimate of drug-likeness (QED) is 0.874. The minimum Gasteiger partial charge on any atom is -0.504 e. The molecule has 0 fully saturated rings. The fourth-order valence-electron chi connectivity index (χ4n) is 1.60. The molecular weight excluding hydrogens is 313 g/mol. The molecule has 0 saturated carbocycles. The number of ether oxygens (including phenoxy) is 1. The first-order valence-corrected chi connectivity index (χ1v) is 6.46. The summed E-state index contributed by atoms with van der Waals surface area (Å²) in [4.78, 5) is 7.90. The van der Waals surface area contributed by atoms with E-state index in [1.807, 2.05) is 6.07 Å². The molecule has 0 atom stereocenters. The molecule has 0 bridgehead atoms.